The molecule has 128 valence electrons. The molecular formula is C15H23N3O5. The minimum absolute atomic E-state index is 0.113. The second kappa shape index (κ2) is 5.86. The molecule has 8 heteroatoms. The van der Waals surface area contributed by atoms with Crippen molar-refractivity contribution < 1.29 is 24.9 Å². The van der Waals surface area contributed by atoms with Gasteiger partial charge < -0.3 is 20.1 Å². The van der Waals surface area contributed by atoms with Crippen molar-refractivity contribution in [2.24, 2.45) is 0 Å². The maximum Gasteiger partial charge on any atom is 0.354 e. The Hall–Kier alpha value is -1.48. The molecule has 23 heavy (non-hydrogen) atoms. The van der Waals surface area contributed by atoms with Crippen molar-refractivity contribution in [3.8, 4) is 0 Å². The minimum Gasteiger partial charge on any atom is -0.477 e. The molecular weight excluding hydrogens is 302 g/mol. The molecule has 0 unspecified atom stereocenters. The number of aromatic amines is 1. The summed E-state index contributed by atoms with van der Waals surface area (Å²) >= 11 is 0. The summed E-state index contributed by atoms with van der Waals surface area (Å²) in [6, 6.07) is 0. The smallest absolute Gasteiger partial charge is 0.354 e. The summed E-state index contributed by atoms with van der Waals surface area (Å²) in [6.07, 6.45) is 2.26. The number of piperidine rings is 1. The van der Waals surface area contributed by atoms with Crippen LogP contribution in [0.25, 0.3) is 0 Å². The van der Waals surface area contributed by atoms with E-state index in [0.717, 1.165) is 0 Å². The highest BCUT2D eigenvalue weighted by Crippen LogP contribution is 2.39. The van der Waals surface area contributed by atoms with Gasteiger partial charge in [-0.25, -0.2) is 4.79 Å². The van der Waals surface area contributed by atoms with E-state index in [2.05, 4.69) is 15.1 Å². The molecule has 0 aliphatic carbocycles. The van der Waals surface area contributed by atoms with Crippen LogP contribution in [0.1, 0.15) is 42.2 Å². The average Bonchev–Trinajstić information content (AvgIpc) is 2.95. The fourth-order valence-electron chi connectivity index (χ4n) is 3.61. The number of nitrogens with zero attached hydrogens (tertiary/aromatic N) is 2. The van der Waals surface area contributed by atoms with Crippen LogP contribution >= 0.6 is 0 Å². The number of H-pyrrole nitrogens is 1. The number of likely N-dealkylation sites (tertiary alicyclic amines) is 1. The quantitative estimate of drug-likeness (QED) is 0.616. The van der Waals surface area contributed by atoms with E-state index < -0.39 is 23.3 Å². The van der Waals surface area contributed by atoms with E-state index >= 15 is 0 Å². The van der Waals surface area contributed by atoms with E-state index in [9.17, 15) is 15.0 Å². The topological polar surface area (TPSA) is 119 Å². The summed E-state index contributed by atoms with van der Waals surface area (Å²) in [5.74, 6) is -1.02. The van der Waals surface area contributed by atoms with Crippen LogP contribution in [0.15, 0.2) is 6.20 Å². The van der Waals surface area contributed by atoms with Gasteiger partial charge in [0.1, 0.15) is 11.8 Å². The first-order chi connectivity index (χ1) is 10.8. The Labute approximate surface area is 134 Å². The highest BCUT2D eigenvalue weighted by Gasteiger charge is 2.52. The number of hydrogen-bond donors (Lipinski definition) is 4. The van der Waals surface area contributed by atoms with Gasteiger partial charge in [-0.15, -0.1) is 0 Å². The third-order valence-electron chi connectivity index (χ3n) is 5.11. The van der Waals surface area contributed by atoms with Crippen molar-refractivity contribution in [2.45, 2.75) is 50.0 Å². The van der Waals surface area contributed by atoms with Crippen molar-refractivity contribution in [1.82, 2.24) is 15.1 Å². The van der Waals surface area contributed by atoms with Gasteiger partial charge in [-0.1, -0.05) is 0 Å². The van der Waals surface area contributed by atoms with Gasteiger partial charge in [0.2, 0.25) is 0 Å². The van der Waals surface area contributed by atoms with Gasteiger partial charge in [0, 0.05) is 31.6 Å². The van der Waals surface area contributed by atoms with E-state index in [-0.39, 0.29) is 5.69 Å². The molecule has 2 aliphatic rings. The first-order valence-electron chi connectivity index (χ1n) is 7.86. The molecule has 0 saturated carbocycles. The Bertz CT molecular complexity index is 577. The number of aromatic carboxylic acids is 1. The zero-order valence-corrected chi connectivity index (χ0v) is 13.2. The van der Waals surface area contributed by atoms with Crippen LogP contribution < -0.4 is 0 Å². The third-order valence-corrected chi connectivity index (χ3v) is 5.11. The monoisotopic (exact) mass is 325 g/mol. The van der Waals surface area contributed by atoms with E-state index in [0.29, 0.717) is 51.1 Å². The van der Waals surface area contributed by atoms with Gasteiger partial charge in [0.05, 0.1) is 24.0 Å². The molecule has 2 saturated heterocycles. The van der Waals surface area contributed by atoms with Crippen molar-refractivity contribution >= 4 is 5.97 Å². The first-order valence-corrected chi connectivity index (χ1v) is 7.86. The number of rotatable bonds is 3. The number of hydrogen-bond acceptors (Lipinski definition) is 6. The molecule has 2 atom stereocenters. The number of aromatic nitrogens is 2. The van der Waals surface area contributed by atoms with Gasteiger partial charge in [-0.2, -0.15) is 5.10 Å². The van der Waals surface area contributed by atoms with Gasteiger partial charge in [-0.3, -0.25) is 10.00 Å². The third kappa shape index (κ3) is 2.99. The van der Waals surface area contributed by atoms with Crippen molar-refractivity contribution in [3.63, 3.8) is 0 Å². The summed E-state index contributed by atoms with van der Waals surface area (Å²) in [4.78, 5) is 13.2. The summed E-state index contributed by atoms with van der Waals surface area (Å²) in [6.45, 7) is 3.91. The molecule has 0 bridgehead atoms. The summed E-state index contributed by atoms with van der Waals surface area (Å²) in [5.41, 5.74) is -1.07. The molecule has 3 rings (SSSR count). The molecule has 0 amide bonds. The lowest BCUT2D eigenvalue weighted by Gasteiger charge is -2.51. The van der Waals surface area contributed by atoms with Gasteiger partial charge in [-0.05, 0) is 19.8 Å². The number of aliphatic hydroxyl groups excluding tert-OH is 1. The van der Waals surface area contributed by atoms with Gasteiger partial charge in [0.25, 0.3) is 0 Å². The lowest BCUT2D eigenvalue weighted by molar-refractivity contribution is -0.246. The number of carboxylic acids is 1. The van der Waals surface area contributed by atoms with E-state index in [1.165, 1.54) is 6.20 Å². The largest absolute Gasteiger partial charge is 0.477 e. The Morgan fingerprint density at radius 3 is 2.83 bits per heavy atom. The highest BCUT2D eigenvalue weighted by atomic mass is 16.5. The molecule has 2 fully saturated rings. The fourth-order valence-corrected chi connectivity index (χ4v) is 3.61. The highest BCUT2D eigenvalue weighted by molar-refractivity contribution is 5.86. The van der Waals surface area contributed by atoms with Crippen LogP contribution in [0.4, 0.5) is 0 Å². The number of ether oxygens (including phenoxy) is 1. The van der Waals surface area contributed by atoms with Crippen LogP contribution in [0.3, 0.4) is 0 Å². The molecule has 1 aromatic rings. The predicted octanol–water partition coefficient (Wildman–Crippen LogP) is -0.0253. The van der Waals surface area contributed by atoms with Gasteiger partial charge >= 0.3 is 5.97 Å². The molecule has 0 radical (unpaired) electrons. The van der Waals surface area contributed by atoms with Crippen molar-refractivity contribution in [3.05, 3.63) is 17.5 Å². The van der Waals surface area contributed by atoms with Crippen LogP contribution in [0.2, 0.25) is 0 Å². The lowest BCUT2D eigenvalue weighted by Crippen LogP contribution is -2.64. The second-order valence-electron chi connectivity index (χ2n) is 6.77. The normalized spacial score (nSPS) is 31.3. The number of carboxylic acid groups (broad SMARTS) is 1. The number of nitrogens with one attached hydrogen (secondary N) is 1. The Balaban J connectivity index is 1.64. The minimum atomic E-state index is -1.12. The lowest BCUT2D eigenvalue weighted by atomic mass is 9.75. The van der Waals surface area contributed by atoms with E-state index in [1.807, 2.05) is 0 Å². The van der Waals surface area contributed by atoms with E-state index in [4.69, 9.17) is 9.84 Å². The summed E-state index contributed by atoms with van der Waals surface area (Å²) < 4.78 is 5.85. The Morgan fingerprint density at radius 2 is 2.17 bits per heavy atom. The zero-order valence-electron chi connectivity index (χ0n) is 13.2. The fraction of sp³-hybridized carbons (Fsp3) is 0.733. The molecule has 3 heterocycles. The summed E-state index contributed by atoms with van der Waals surface area (Å²) in [5, 5.41) is 36.2. The maximum atomic E-state index is 11.1. The Kier molecular flexibility index (Phi) is 4.18. The molecule has 8 nitrogen and oxygen atoms in total. The molecule has 4 N–H and O–H groups in total. The molecule has 2 aliphatic heterocycles. The van der Waals surface area contributed by atoms with Crippen molar-refractivity contribution in [2.75, 3.05) is 19.7 Å². The standard InChI is InChI=1S/C15H23N3O5/c1-14(22)4-7-23-15(13(14)21)2-5-18(6-3-15)9-10-8-16-17-11(10)12(19)20/h8,13,21-22H,2-7,9H2,1H3,(H,16,17)(H,19,20)/t13-,14+/m0/s1. The van der Waals surface area contributed by atoms with Crippen LogP contribution in [-0.4, -0.2) is 73.4 Å². The van der Waals surface area contributed by atoms with Gasteiger partial charge in [0.15, 0.2) is 0 Å². The Morgan fingerprint density at radius 1 is 1.48 bits per heavy atom. The first kappa shape index (κ1) is 16.4. The van der Waals surface area contributed by atoms with Crippen LogP contribution in [-0.2, 0) is 11.3 Å². The summed E-state index contributed by atoms with van der Waals surface area (Å²) in [7, 11) is 0. The second-order valence-corrected chi connectivity index (χ2v) is 6.77. The average molecular weight is 325 g/mol. The predicted molar refractivity (Wildman–Crippen MR) is 80.0 cm³/mol. The molecule has 0 aromatic carbocycles. The van der Waals surface area contributed by atoms with Crippen LogP contribution in [0.5, 0.6) is 0 Å². The number of carbonyl (C=O) groups is 1. The molecule has 1 spiro atoms. The zero-order chi connectivity index (χ0) is 16.7. The number of aliphatic hydroxyl groups is 2. The van der Waals surface area contributed by atoms with Crippen molar-refractivity contribution in [1.29, 1.82) is 0 Å². The molecule has 1 aromatic heterocycles. The van der Waals surface area contributed by atoms with Crippen LogP contribution in [0, 0.1) is 0 Å². The maximum absolute atomic E-state index is 11.1. The van der Waals surface area contributed by atoms with E-state index in [1.54, 1.807) is 6.92 Å². The SMILES string of the molecule is C[C@@]1(O)CCOC2(CCN(Cc3cn[nH]c3C(=O)O)CC2)[C@H]1O.